The van der Waals surface area contributed by atoms with E-state index in [2.05, 4.69) is 10.00 Å². The van der Waals surface area contributed by atoms with Crippen molar-refractivity contribution < 1.29 is 28.9 Å². The van der Waals surface area contributed by atoms with Crippen molar-refractivity contribution in [3.05, 3.63) is 77.1 Å². The largest absolute Gasteiger partial charge is 0.507 e. The second kappa shape index (κ2) is 11.3. The molecule has 3 aromatic rings. The number of para-hydroxylation sites is 1. The summed E-state index contributed by atoms with van der Waals surface area (Å²) in [4.78, 5) is 30.6. The van der Waals surface area contributed by atoms with E-state index in [-0.39, 0.29) is 11.3 Å². The molecule has 0 bridgehead atoms. The number of ketones is 1. The summed E-state index contributed by atoms with van der Waals surface area (Å²) < 4.78 is 18.0. The summed E-state index contributed by atoms with van der Waals surface area (Å²) in [6.07, 6.45) is 1.52. The fourth-order valence-corrected chi connectivity index (χ4v) is 5.17. The zero-order chi connectivity index (χ0) is 27.5. The smallest absolute Gasteiger partial charge is 0.295 e. The molecule has 39 heavy (non-hydrogen) atoms. The Morgan fingerprint density at radius 1 is 1.03 bits per heavy atom. The van der Waals surface area contributed by atoms with Crippen LogP contribution in [0.2, 0.25) is 0 Å². The standard InChI is InChI=1S/C29H32N4O6/c1-19-22(18-30-33(19)21-7-5-4-6-8-21)27(34)25-26(20-9-10-23(37-2)24(17-20)38-3)32(29(36)28(25)35)12-11-31-13-15-39-16-14-31/h4-10,17-18,26,34H,11-16H2,1-3H3/b27-25-. The third kappa shape index (κ3) is 5.00. The van der Waals surface area contributed by atoms with Crippen molar-refractivity contribution in [1.82, 2.24) is 19.6 Å². The number of hydrogen-bond donors (Lipinski definition) is 1. The first kappa shape index (κ1) is 26.5. The summed E-state index contributed by atoms with van der Waals surface area (Å²) >= 11 is 0. The number of aliphatic hydroxyl groups is 1. The van der Waals surface area contributed by atoms with Crippen LogP contribution < -0.4 is 9.47 Å². The van der Waals surface area contributed by atoms with Gasteiger partial charge in [-0.05, 0) is 36.8 Å². The number of carbonyl (C=O) groups is 2. The third-order valence-electron chi connectivity index (χ3n) is 7.29. The molecule has 2 aliphatic heterocycles. The SMILES string of the molecule is COc1ccc(C2/C(=C(/O)c3cnn(-c4ccccc4)c3C)C(=O)C(=O)N2CCN2CCOCC2)cc1OC. The van der Waals surface area contributed by atoms with Crippen molar-refractivity contribution in [3.63, 3.8) is 0 Å². The van der Waals surface area contributed by atoms with Crippen molar-refractivity contribution in [2.45, 2.75) is 13.0 Å². The molecule has 1 atom stereocenters. The van der Waals surface area contributed by atoms with Gasteiger partial charge >= 0.3 is 0 Å². The lowest BCUT2D eigenvalue weighted by Crippen LogP contribution is -2.42. The quantitative estimate of drug-likeness (QED) is 0.268. The molecule has 2 aromatic carbocycles. The number of aromatic nitrogens is 2. The lowest BCUT2D eigenvalue weighted by Gasteiger charge is -2.31. The molecule has 3 heterocycles. The van der Waals surface area contributed by atoms with Crippen molar-refractivity contribution in [1.29, 1.82) is 0 Å². The van der Waals surface area contributed by atoms with E-state index in [0.29, 0.717) is 54.6 Å². The molecule has 1 aromatic heterocycles. The van der Waals surface area contributed by atoms with Gasteiger partial charge in [-0.1, -0.05) is 24.3 Å². The minimum atomic E-state index is -0.815. The van der Waals surface area contributed by atoms with Crippen molar-refractivity contribution in [2.24, 2.45) is 0 Å². The summed E-state index contributed by atoms with van der Waals surface area (Å²) in [6, 6.07) is 13.9. The third-order valence-corrected chi connectivity index (χ3v) is 7.29. The molecule has 2 saturated heterocycles. The average Bonchev–Trinajstić information content (AvgIpc) is 3.48. The number of likely N-dealkylation sites (tertiary alicyclic amines) is 1. The monoisotopic (exact) mass is 532 g/mol. The van der Waals surface area contributed by atoms with Crippen molar-refractivity contribution in [3.8, 4) is 17.2 Å². The number of rotatable bonds is 8. The van der Waals surface area contributed by atoms with Gasteiger partial charge in [0.15, 0.2) is 11.5 Å². The number of Topliss-reactive ketones (excluding diaryl/α,β-unsaturated/α-hetero) is 1. The van der Waals surface area contributed by atoms with Crippen LogP contribution in [0.4, 0.5) is 0 Å². The summed E-state index contributed by atoms with van der Waals surface area (Å²) in [7, 11) is 3.07. The van der Waals surface area contributed by atoms with E-state index >= 15 is 0 Å². The molecule has 0 spiro atoms. The zero-order valence-corrected chi connectivity index (χ0v) is 22.3. The molecule has 2 aliphatic rings. The van der Waals surface area contributed by atoms with Gasteiger partial charge in [-0.25, -0.2) is 4.68 Å². The zero-order valence-electron chi connectivity index (χ0n) is 22.3. The van der Waals surface area contributed by atoms with Crippen LogP contribution in [0.25, 0.3) is 11.4 Å². The van der Waals surface area contributed by atoms with E-state index in [1.807, 2.05) is 37.3 Å². The average molecular weight is 533 g/mol. The van der Waals surface area contributed by atoms with E-state index in [9.17, 15) is 14.7 Å². The Labute approximate surface area is 227 Å². The summed E-state index contributed by atoms with van der Waals surface area (Å²) in [5.74, 6) is -0.672. The molecular weight excluding hydrogens is 500 g/mol. The van der Waals surface area contributed by atoms with Crippen LogP contribution in [0.1, 0.15) is 22.9 Å². The lowest BCUT2D eigenvalue weighted by atomic mass is 9.95. The molecule has 2 fully saturated rings. The van der Waals surface area contributed by atoms with E-state index in [4.69, 9.17) is 14.2 Å². The Morgan fingerprint density at radius 2 is 1.74 bits per heavy atom. The number of ether oxygens (including phenoxy) is 3. The highest BCUT2D eigenvalue weighted by Crippen LogP contribution is 2.42. The predicted octanol–water partition coefficient (Wildman–Crippen LogP) is 2.95. The number of hydrogen-bond acceptors (Lipinski definition) is 8. The van der Waals surface area contributed by atoms with Crippen LogP contribution in [-0.2, 0) is 14.3 Å². The fraction of sp³-hybridized carbons (Fsp3) is 0.345. The van der Waals surface area contributed by atoms with E-state index < -0.39 is 17.7 Å². The topological polar surface area (TPSA) is 106 Å². The summed E-state index contributed by atoms with van der Waals surface area (Å²) in [6.45, 7) is 5.46. The molecule has 10 heteroatoms. The van der Waals surface area contributed by atoms with Gasteiger partial charge in [0.1, 0.15) is 5.76 Å². The molecule has 204 valence electrons. The minimum absolute atomic E-state index is 0.0184. The van der Waals surface area contributed by atoms with Crippen molar-refractivity contribution >= 4 is 17.4 Å². The molecule has 0 aliphatic carbocycles. The maximum absolute atomic E-state index is 13.5. The van der Waals surface area contributed by atoms with Gasteiger partial charge in [0.05, 0.1) is 62.2 Å². The Bertz CT molecular complexity index is 1390. The molecule has 1 N–H and O–H groups in total. The van der Waals surface area contributed by atoms with Gasteiger partial charge in [-0.15, -0.1) is 0 Å². The molecule has 1 unspecified atom stereocenters. The highest BCUT2D eigenvalue weighted by Gasteiger charge is 2.46. The number of nitrogens with zero attached hydrogens (tertiary/aromatic N) is 4. The highest BCUT2D eigenvalue weighted by molar-refractivity contribution is 6.46. The molecule has 5 rings (SSSR count). The first-order valence-electron chi connectivity index (χ1n) is 12.9. The minimum Gasteiger partial charge on any atom is -0.507 e. The second-order valence-corrected chi connectivity index (χ2v) is 9.45. The van der Waals surface area contributed by atoms with Gasteiger partial charge in [-0.3, -0.25) is 14.5 Å². The molecule has 10 nitrogen and oxygen atoms in total. The Kier molecular flexibility index (Phi) is 7.67. The number of amides is 1. The molecule has 0 radical (unpaired) electrons. The Morgan fingerprint density at radius 3 is 2.44 bits per heavy atom. The molecule has 0 saturated carbocycles. The van der Waals surface area contributed by atoms with E-state index in [1.165, 1.54) is 18.2 Å². The summed E-state index contributed by atoms with van der Waals surface area (Å²) in [5.41, 5.74) is 2.49. The van der Waals surface area contributed by atoms with Crippen LogP contribution in [0, 0.1) is 6.92 Å². The lowest BCUT2D eigenvalue weighted by molar-refractivity contribution is -0.140. The first-order chi connectivity index (χ1) is 18.9. The number of aliphatic hydroxyl groups excluding tert-OH is 1. The van der Waals surface area contributed by atoms with Gasteiger partial charge in [0, 0.05) is 26.2 Å². The van der Waals surface area contributed by atoms with E-state index in [0.717, 1.165) is 18.8 Å². The number of morpholine rings is 1. The van der Waals surface area contributed by atoms with Crippen LogP contribution in [-0.4, -0.2) is 90.0 Å². The van der Waals surface area contributed by atoms with Crippen LogP contribution in [0.5, 0.6) is 11.5 Å². The van der Waals surface area contributed by atoms with Gasteiger partial charge in [0.2, 0.25) is 0 Å². The second-order valence-electron chi connectivity index (χ2n) is 9.45. The first-order valence-corrected chi connectivity index (χ1v) is 12.9. The van der Waals surface area contributed by atoms with Gasteiger partial charge < -0.3 is 24.2 Å². The van der Waals surface area contributed by atoms with Crippen LogP contribution in [0.15, 0.2) is 60.3 Å². The molecule has 1 amide bonds. The van der Waals surface area contributed by atoms with E-state index in [1.54, 1.807) is 30.0 Å². The Balaban J connectivity index is 1.59. The van der Waals surface area contributed by atoms with Crippen LogP contribution >= 0.6 is 0 Å². The number of benzene rings is 2. The number of methoxy groups -OCH3 is 2. The normalized spacial score (nSPS) is 19.5. The maximum atomic E-state index is 13.5. The van der Waals surface area contributed by atoms with Gasteiger partial charge in [-0.2, -0.15) is 5.10 Å². The number of carbonyl (C=O) groups excluding carboxylic acids is 2. The maximum Gasteiger partial charge on any atom is 0.295 e. The Hall–Kier alpha value is -4.15. The summed E-state index contributed by atoms with van der Waals surface area (Å²) in [5, 5.41) is 16.0. The van der Waals surface area contributed by atoms with Crippen molar-refractivity contribution in [2.75, 3.05) is 53.6 Å². The van der Waals surface area contributed by atoms with Crippen LogP contribution in [0.3, 0.4) is 0 Å². The highest BCUT2D eigenvalue weighted by atomic mass is 16.5. The fourth-order valence-electron chi connectivity index (χ4n) is 5.17. The molecular formula is C29H32N4O6. The van der Waals surface area contributed by atoms with Gasteiger partial charge in [0.25, 0.3) is 11.7 Å². The predicted molar refractivity (Wildman–Crippen MR) is 144 cm³/mol.